The Kier molecular flexibility index (Phi) is 3.95. The van der Waals surface area contributed by atoms with Crippen LogP contribution < -0.4 is 0 Å². The molecule has 3 atom stereocenters. The number of nitrogens with zero attached hydrogens (tertiary/aromatic N) is 1. The van der Waals surface area contributed by atoms with Crippen LogP contribution in [0.1, 0.15) is 36.1 Å². The number of hydrogen-bond donors (Lipinski definition) is 0. The first-order chi connectivity index (χ1) is 11.7. The number of rotatable bonds is 2. The number of morpholine rings is 1. The van der Waals surface area contributed by atoms with E-state index in [1.807, 2.05) is 24.3 Å². The summed E-state index contributed by atoms with van der Waals surface area (Å²) < 4.78 is 5.53. The number of hydrogen-bond acceptors (Lipinski definition) is 3. The lowest BCUT2D eigenvalue weighted by atomic mass is 9.84. The molecule has 2 saturated heterocycles. The van der Waals surface area contributed by atoms with Gasteiger partial charge in [0.25, 0.3) is 0 Å². The fourth-order valence-corrected chi connectivity index (χ4v) is 3.95. The van der Waals surface area contributed by atoms with Crippen LogP contribution in [0.25, 0.3) is 0 Å². The smallest absolute Gasteiger partial charge is 0.323 e. The van der Waals surface area contributed by atoms with E-state index in [4.69, 9.17) is 4.74 Å². The summed E-state index contributed by atoms with van der Waals surface area (Å²) in [5.41, 5.74) is 3.55. The highest BCUT2D eigenvalue weighted by Crippen LogP contribution is 2.44. The van der Waals surface area contributed by atoms with Gasteiger partial charge < -0.3 is 4.74 Å². The lowest BCUT2D eigenvalue weighted by molar-refractivity contribution is -0.168. The summed E-state index contributed by atoms with van der Waals surface area (Å²) in [6.07, 6.45) is 1.57. The minimum atomic E-state index is -0.240. The molecule has 0 aliphatic carbocycles. The third kappa shape index (κ3) is 2.65. The molecule has 2 aromatic rings. The summed E-state index contributed by atoms with van der Waals surface area (Å²) in [7, 11) is 0. The second-order valence-corrected chi connectivity index (χ2v) is 6.60. The van der Waals surface area contributed by atoms with Gasteiger partial charge in [-0.15, -0.1) is 0 Å². The third-order valence-corrected chi connectivity index (χ3v) is 5.07. The monoisotopic (exact) mass is 319 g/mol. The van der Waals surface area contributed by atoms with E-state index in [2.05, 4.69) is 47.9 Å². The summed E-state index contributed by atoms with van der Waals surface area (Å²) in [5.74, 6) is -0.121. The van der Waals surface area contributed by atoms with Crippen molar-refractivity contribution in [3.05, 3.63) is 83.9 Å². The number of cyclic esters (lactones) is 1. The quantitative estimate of drug-likeness (QED) is 0.618. The average molecular weight is 319 g/mol. The Morgan fingerprint density at radius 3 is 2.00 bits per heavy atom. The third-order valence-electron chi connectivity index (χ3n) is 5.07. The molecule has 2 aromatic carbocycles. The second kappa shape index (κ2) is 6.25. The number of fused-ring (bicyclic) bond motifs is 1. The topological polar surface area (TPSA) is 29.5 Å². The Balaban J connectivity index is 1.77. The predicted molar refractivity (Wildman–Crippen MR) is 93.3 cm³/mol. The Hall–Kier alpha value is -2.39. The standard InChI is InChI=1S/C21H21NO2/c1-15-12-18(16-8-4-2-5-9-16)22-19(13-15)21(23)24-14-20(22)17-10-6-3-7-11-17/h2-11,18-20H,1,12-14H2/t18-,19-,20+/m0/s1. The first-order valence-corrected chi connectivity index (χ1v) is 8.44. The van der Waals surface area contributed by atoms with Crippen LogP contribution in [-0.2, 0) is 9.53 Å². The Morgan fingerprint density at radius 2 is 1.38 bits per heavy atom. The Labute approximate surface area is 142 Å². The van der Waals surface area contributed by atoms with Gasteiger partial charge in [0.2, 0.25) is 0 Å². The van der Waals surface area contributed by atoms with Crippen LogP contribution in [0, 0.1) is 0 Å². The van der Waals surface area contributed by atoms with E-state index in [1.54, 1.807) is 0 Å². The van der Waals surface area contributed by atoms with Crippen LogP contribution in [0.15, 0.2) is 72.8 Å². The number of benzene rings is 2. The minimum absolute atomic E-state index is 0.0900. The molecular formula is C21H21NO2. The van der Waals surface area contributed by atoms with Crippen molar-refractivity contribution in [1.29, 1.82) is 0 Å². The van der Waals surface area contributed by atoms with E-state index in [1.165, 1.54) is 11.1 Å². The molecule has 3 heteroatoms. The SMILES string of the molecule is C=C1C[C@H]2C(=O)OC[C@H](c3ccccc3)N2[C@H](c2ccccc2)C1. The van der Waals surface area contributed by atoms with Crippen molar-refractivity contribution >= 4 is 5.97 Å². The van der Waals surface area contributed by atoms with Crippen molar-refractivity contribution in [3.63, 3.8) is 0 Å². The second-order valence-electron chi connectivity index (χ2n) is 6.60. The zero-order chi connectivity index (χ0) is 16.5. The largest absolute Gasteiger partial charge is 0.462 e. The van der Waals surface area contributed by atoms with E-state index in [9.17, 15) is 4.79 Å². The van der Waals surface area contributed by atoms with Gasteiger partial charge in [-0.2, -0.15) is 0 Å². The molecule has 2 fully saturated rings. The normalized spacial score (nSPS) is 27.4. The molecule has 2 aliphatic rings. The van der Waals surface area contributed by atoms with Crippen molar-refractivity contribution in [2.24, 2.45) is 0 Å². The summed E-state index contributed by atoms with van der Waals surface area (Å²) in [4.78, 5) is 14.8. The molecular weight excluding hydrogens is 298 g/mol. The molecule has 122 valence electrons. The number of ether oxygens (including phenoxy) is 1. The predicted octanol–water partition coefficient (Wildman–Crippen LogP) is 4.05. The summed E-state index contributed by atoms with van der Waals surface area (Å²) >= 11 is 0. The highest BCUT2D eigenvalue weighted by atomic mass is 16.5. The molecule has 0 unspecified atom stereocenters. The lowest BCUT2D eigenvalue weighted by Crippen LogP contribution is -2.54. The van der Waals surface area contributed by atoms with Crippen LogP contribution >= 0.6 is 0 Å². The fraction of sp³-hybridized carbons (Fsp3) is 0.286. The first-order valence-electron chi connectivity index (χ1n) is 8.44. The highest BCUT2D eigenvalue weighted by molar-refractivity contribution is 5.77. The van der Waals surface area contributed by atoms with E-state index < -0.39 is 0 Å². The fourth-order valence-electron chi connectivity index (χ4n) is 3.95. The van der Waals surface area contributed by atoms with Crippen molar-refractivity contribution in [3.8, 4) is 0 Å². The van der Waals surface area contributed by atoms with Gasteiger partial charge in [0.15, 0.2) is 0 Å². The Bertz CT molecular complexity index is 741. The first kappa shape index (κ1) is 15.2. The van der Waals surface area contributed by atoms with Crippen LogP contribution in [0.3, 0.4) is 0 Å². The van der Waals surface area contributed by atoms with Gasteiger partial charge in [0.05, 0.1) is 6.04 Å². The number of carbonyl (C=O) groups is 1. The minimum Gasteiger partial charge on any atom is -0.462 e. The molecule has 0 radical (unpaired) electrons. The molecule has 0 saturated carbocycles. The van der Waals surface area contributed by atoms with Crippen LogP contribution in [0.2, 0.25) is 0 Å². The molecule has 0 N–H and O–H groups in total. The zero-order valence-electron chi connectivity index (χ0n) is 13.6. The van der Waals surface area contributed by atoms with Crippen LogP contribution in [-0.4, -0.2) is 23.5 Å². The van der Waals surface area contributed by atoms with E-state index in [0.29, 0.717) is 13.0 Å². The molecule has 0 bridgehead atoms. The summed E-state index contributed by atoms with van der Waals surface area (Å²) in [5, 5.41) is 0. The van der Waals surface area contributed by atoms with E-state index in [-0.39, 0.29) is 24.1 Å². The molecule has 3 nitrogen and oxygen atoms in total. The van der Waals surface area contributed by atoms with Gasteiger partial charge in [-0.3, -0.25) is 9.69 Å². The molecule has 2 aliphatic heterocycles. The van der Waals surface area contributed by atoms with Gasteiger partial charge in [-0.1, -0.05) is 72.8 Å². The van der Waals surface area contributed by atoms with Gasteiger partial charge in [-0.25, -0.2) is 0 Å². The summed E-state index contributed by atoms with van der Waals surface area (Å²) in [6, 6.07) is 20.8. The molecule has 2 heterocycles. The molecule has 4 rings (SSSR count). The lowest BCUT2D eigenvalue weighted by Gasteiger charge is -2.49. The maximum atomic E-state index is 12.4. The Morgan fingerprint density at radius 1 is 0.833 bits per heavy atom. The van der Waals surface area contributed by atoms with Crippen LogP contribution in [0.5, 0.6) is 0 Å². The van der Waals surface area contributed by atoms with Gasteiger partial charge in [-0.05, 0) is 24.0 Å². The number of esters is 1. The van der Waals surface area contributed by atoms with Crippen molar-refractivity contribution in [2.75, 3.05) is 6.61 Å². The van der Waals surface area contributed by atoms with Gasteiger partial charge in [0.1, 0.15) is 12.6 Å². The van der Waals surface area contributed by atoms with Crippen molar-refractivity contribution in [2.45, 2.75) is 31.0 Å². The molecule has 24 heavy (non-hydrogen) atoms. The van der Waals surface area contributed by atoms with E-state index >= 15 is 0 Å². The van der Waals surface area contributed by atoms with Crippen molar-refractivity contribution in [1.82, 2.24) is 4.90 Å². The highest BCUT2D eigenvalue weighted by Gasteiger charge is 2.45. The van der Waals surface area contributed by atoms with Crippen LogP contribution in [0.4, 0.5) is 0 Å². The molecule has 0 aromatic heterocycles. The van der Waals surface area contributed by atoms with Crippen molar-refractivity contribution < 1.29 is 9.53 Å². The maximum Gasteiger partial charge on any atom is 0.323 e. The van der Waals surface area contributed by atoms with Gasteiger partial charge in [0, 0.05) is 6.04 Å². The summed E-state index contributed by atoms with van der Waals surface area (Å²) in [6.45, 7) is 4.59. The number of carbonyl (C=O) groups excluding carboxylic acids is 1. The maximum absolute atomic E-state index is 12.4. The van der Waals surface area contributed by atoms with E-state index in [0.717, 1.165) is 12.0 Å². The zero-order valence-corrected chi connectivity index (χ0v) is 13.6. The molecule has 0 amide bonds. The molecule has 0 spiro atoms. The number of piperidine rings is 1. The average Bonchev–Trinajstić information content (AvgIpc) is 2.63. The van der Waals surface area contributed by atoms with Gasteiger partial charge >= 0.3 is 5.97 Å².